The van der Waals surface area contributed by atoms with Crippen LogP contribution in [0.2, 0.25) is 0 Å². The van der Waals surface area contributed by atoms with Gasteiger partial charge in [0, 0.05) is 19.4 Å². The van der Waals surface area contributed by atoms with E-state index >= 15 is 0 Å². The first kappa shape index (κ1) is 22.0. The summed E-state index contributed by atoms with van der Waals surface area (Å²) in [4.78, 5) is 23.9. The Morgan fingerprint density at radius 1 is 1.36 bits per heavy atom. The van der Waals surface area contributed by atoms with Crippen molar-refractivity contribution in [3.8, 4) is 0 Å². The van der Waals surface area contributed by atoms with Gasteiger partial charge in [0.25, 0.3) is 0 Å². The van der Waals surface area contributed by atoms with Gasteiger partial charge in [0.05, 0.1) is 12.0 Å². The maximum atomic E-state index is 12.1. The monoisotopic (exact) mass is 460 g/mol. The van der Waals surface area contributed by atoms with Crippen molar-refractivity contribution in [3.05, 3.63) is 11.1 Å². The fraction of sp³-hybridized carbons (Fsp3) is 0.688. The quantitative estimate of drug-likeness (QED) is 0.367. The molecule has 0 saturated carbocycles. The maximum absolute atomic E-state index is 12.1. The van der Waals surface area contributed by atoms with E-state index in [0.717, 1.165) is 11.1 Å². The fourth-order valence-electron chi connectivity index (χ4n) is 2.43. The van der Waals surface area contributed by atoms with E-state index in [1.54, 1.807) is 14.0 Å². The first-order valence-electron chi connectivity index (χ1n) is 7.18. The number of ether oxygens (including phenoxy) is 2. The summed E-state index contributed by atoms with van der Waals surface area (Å²) in [6.07, 6.45) is -0.349. The third kappa shape index (κ3) is 6.26. The zero-order valence-electron chi connectivity index (χ0n) is 14.2. The Morgan fingerprint density at radius 3 is 2.27 bits per heavy atom. The first-order valence-corrected chi connectivity index (χ1v) is 12.7. The molecule has 0 aromatic rings. The third-order valence-corrected chi connectivity index (χ3v) is 4.06. The molecule has 6 heteroatoms. The van der Waals surface area contributed by atoms with E-state index in [4.69, 9.17) is 9.47 Å². The van der Waals surface area contributed by atoms with Gasteiger partial charge in [-0.2, -0.15) is 0 Å². The summed E-state index contributed by atoms with van der Waals surface area (Å²) in [7, 11) is 1.59. The zero-order valence-corrected chi connectivity index (χ0v) is 17.7. The van der Waals surface area contributed by atoms with Crippen LogP contribution in [0.1, 0.15) is 41.0 Å². The molecule has 4 unspecified atom stereocenters. The predicted molar refractivity (Wildman–Crippen MR) is 93.8 cm³/mol. The zero-order chi connectivity index (χ0) is 17.4. The van der Waals surface area contributed by atoms with Crippen molar-refractivity contribution in [1.82, 2.24) is 0 Å². The Kier molecular flexibility index (Phi) is 10.7. The fourth-order valence-corrected chi connectivity index (χ4v) is 2.43. The first-order chi connectivity index (χ1) is 10.2. The second-order valence-electron chi connectivity index (χ2n) is 5.70. The molecule has 1 fully saturated rings. The van der Waals surface area contributed by atoms with Gasteiger partial charge < -0.3 is 9.47 Å². The number of allylic oxidation sites excluding steroid dienone is 2. The van der Waals surface area contributed by atoms with Gasteiger partial charge in [0.15, 0.2) is 5.78 Å². The van der Waals surface area contributed by atoms with Gasteiger partial charge in [-0.05, 0) is 33.3 Å². The molecule has 126 valence electrons. The minimum atomic E-state index is -0.393. The number of hydrogen-bond donors (Lipinski definition) is 0. The summed E-state index contributed by atoms with van der Waals surface area (Å²) in [6.45, 7) is 9.38. The van der Waals surface area contributed by atoms with E-state index in [-0.39, 0.29) is 36.1 Å². The number of halogens is 1. The van der Waals surface area contributed by atoms with E-state index in [0.29, 0.717) is 12.4 Å². The Labute approximate surface area is 151 Å². The molecule has 0 aliphatic carbocycles. The summed E-state index contributed by atoms with van der Waals surface area (Å²) < 4.78 is 10.8. The summed E-state index contributed by atoms with van der Waals surface area (Å²) >= 11 is 2.68. The summed E-state index contributed by atoms with van der Waals surface area (Å²) in [5.74, 6) is -0.505. The number of hydrogen-bond acceptors (Lipinski definition) is 4. The van der Waals surface area contributed by atoms with Crippen LogP contribution < -0.4 is 0 Å². The number of rotatable bonds is 4. The minimum absolute atomic E-state index is 0.0200. The van der Waals surface area contributed by atoms with Crippen molar-refractivity contribution in [2.45, 2.75) is 53.2 Å². The van der Waals surface area contributed by atoms with Crippen LogP contribution in [0, 0.1) is 11.8 Å². The molecule has 1 aliphatic rings. The molecule has 1 rings (SSSR count). The van der Waals surface area contributed by atoms with Crippen LogP contribution >= 0.6 is 20.0 Å². The predicted octanol–water partition coefficient (Wildman–Crippen LogP) is 3.37. The van der Waals surface area contributed by atoms with Crippen molar-refractivity contribution < 1.29 is 31.5 Å². The molecule has 4 atom stereocenters. The van der Waals surface area contributed by atoms with Crippen molar-refractivity contribution in [3.63, 3.8) is 0 Å². The van der Waals surface area contributed by atoms with Crippen LogP contribution in [-0.4, -0.2) is 36.3 Å². The average molecular weight is 460 g/mol. The van der Waals surface area contributed by atoms with Crippen LogP contribution in [0.25, 0.3) is 0 Å². The van der Waals surface area contributed by atoms with E-state index in [1.807, 2.05) is 27.7 Å². The average Bonchev–Trinajstić information content (AvgIpc) is 2.45. The summed E-state index contributed by atoms with van der Waals surface area (Å²) in [5.41, 5.74) is 1.74. The van der Waals surface area contributed by atoms with E-state index in [9.17, 15) is 9.59 Å². The van der Waals surface area contributed by atoms with Crippen molar-refractivity contribution >= 4 is 37.0 Å². The standard InChI is InChI=1S/C15H24O4.CH2.HI.V/c1-8(2)9(3)12(16)7-13-10(4)14(18-6)11(5)15(17)19-13;;;/h10-11,13-14H,7H2,1-6H3;1H2;1H;/q;;;+1/p-1. The van der Waals surface area contributed by atoms with Gasteiger partial charge in [-0.1, -0.05) is 12.5 Å². The SMILES string of the molecule is COC1C(C)C(=O)OC(CC(=O)C(C)=C(C)C)C1C.[CH2]=[V][I]. The molecule has 0 radical (unpaired) electrons. The van der Waals surface area contributed by atoms with Gasteiger partial charge in [-0.3, -0.25) is 9.59 Å². The number of cyclic esters (lactones) is 1. The molecule has 0 aromatic carbocycles. The third-order valence-electron chi connectivity index (χ3n) is 4.06. The molecule has 0 bridgehead atoms. The van der Waals surface area contributed by atoms with Crippen LogP contribution in [0.5, 0.6) is 0 Å². The van der Waals surface area contributed by atoms with E-state index < -0.39 is 6.10 Å². The normalized spacial score (nSPS) is 27.1. The van der Waals surface area contributed by atoms with E-state index in [2.05, 4.69) is 25.2 Å². The molecule has 1 saturated heterocycles. The van der Waals surface area contributed by atoms with Gasteiger partial charge in [-0.25, -0.2) is 0 Å². The van der Waals surface area contributed by atoms with Gasteiger partial charge in [0.1, 0.15) is 6.10 Å². The van der Waals surface area contributed by atoms with Gasteiger partial charge >= 0.3 is 43.6 Å². The summed E-state index contributed by atoms with van der Waals surface area (Å²) in [5, 5.41) is 3.57. The van der Waals surface area contributed by atoms with Crippen LogP contribution in [-0.2, 0) is 31.5 Å². The number of carbonyl (C=O) groups excluding carboxylic acids is 2. The van der Waals surface area contributed by atoms with Gasteiger partial charge in [0.2, 0.25) is 0 Å². The molecule has 1 aliphatic heterocycles. The number of ketones is 1. The van der Waals surface area contributed by atoms with Crippen molar-refractivity contribution in [2.24, 2.45) is 11.8 Å². The molecule has 0 N–H and O–H groups in total. The second kappa shape index (κ2) is 10.7. The summed E-state index contributed by atoms with van der Waals surface area (Å²) in [6, 6.07) is 0. The number of esters is 1. The van der Waals surface area contributed by atoms with Crippen molar-refractivity contribution in [1.29, 1.82) is 0 Å². The van der Waals surface area contributed by atoms with Crippen molar-refractivity contribution in [2.75, 3.05) is 7.11 Å². The number of methoxy groups -OCH3 is 1. The number of carbonyl (C=O) groups is 2. The van der Waals surface area contributed by atoms with E-state index in [1.165, 1.54) is 0 Å². The van der Waals surface area contributed by atoms with Crippen LogP contribution in [0.15, 0.2) is 11.1 Å². The van der Waals surface area contributed by atoms with Crippen LogP contribution in [0.4, 0.5) is 0 Å². The Balaban J connectivity index is 0.00000135. The molecule has 1 heterocycles. The molecule has 4 nitrogen and oxygen atoms in total. The van der Waals surface area contributed by atoms with Crippen LogP contribution in [0.3, 0.4) is 0 Å². The molecule has 0 aromatic heterocycles. The Morgan fingerprint density at radius 2 is 1.86 bits per heavy atom. The molecular formula is C16H26IO4V. The molecule has 0 amide bonds. The molecular weight excluding hydrogens is 434 g/mol. The topological polar surface area (TPSA) is 52.6 Å². The Hall–Kier alpha value is 0.0244. The molecule has 0 spiro atoms. The molecule has 22 heavy (non-hydrogen) atoms. The number of Topliss-reactive ketones (excluding diaryl/α,β-unsaturated/α-hetero) is 1. The second-order valence-corrected chi connectivity index (χ2v) is 8.88. The Bertz CT molecular complexity index is 443. The van der Waals surface area contributed by atoms with Gasteiger partial charge in [-0.15, -0.1) is 0 Å².